The van der Waals surface area contributed by atoms with Crippen molar-refractivity contribution < 1.29 is 18.3 Å². The molecule has 1 fully saturated rings. The van der Waals surface area contributed by atoms with Crippen molar-refractivity contribution in [3.8, 4) is 17.0 Å². The Balaban J connectivity index is 1.83. The Morgan fingerprint density at radius 2 is 2.16 bits per heavy atom. The van der Waals surface area contributed by atoms with E-state index in [1.807, 2.05) is 0 Å². The molecule has 1 aliphatic carbocycles. The van der Waals surface area contributed by atoms with Gasteiger partial charge in [-0.15, -0.1) is 0 Å². The van der Waals surface area contributed by atoms with Gasteiger partial charge in [0.2, 0.25) is 5.88 Å². The zero-order chi connectivity index (χ0) is 17.4. The maximum Gasteiger partial charge on any atom is 0.388 e. The first kappa shape index (κ1) is 15.4. The van der Waals surface area contributed by atoms with E-state index in [9.17, 15) is 13.6 Å². The van der Waals surface area contributed by atoms with Gasteiger partial charge in [-0.05, 0) is 30.5 Å². The van der Waals surface area contributed by atoms with Crippen LogP contribution in [0.15, 0.2) is 36.8 Å². The lowest BCUT2D eigenvalue weighted by Gasteiger charge is -2.07. The summed E-state index contributed by atoms with van der Waals surface area (Å²) >= 11 is 0. The Morgan fingerprint density at radius 3 is 2.92 bits per heavy atom. The first-order valence-electron chi connectivity index (χ1n) is 7.67. The van der Waals surface area contributed by atoms with E-state index in [1.54, 1.807) is 24.5 Å². The Hall–Kier alpha value is -3.10. The first-order valence-corrected chi connectivity index (χ1v) is 7.67. The third kappa shape index (κ3) is 3.12. The fourth-order valence-electron chi connectivity index (χ4n) is 2.51. The minimum absolute atomic E-state index is 0.160. The number of ether oxygens (including phenoxy) is 1. The Morgan fingerprint density at radius 1 is 1.32 bits per heavy atom. The van der Waals surface area contributed by atoms with E-state index in [4.69, 9.17) is 0 Å². The Kier molecular flexibility index (Phi) is 3.75. The second kappa shape index (κ2) is 6.08. The van der Waals surface area contributed by atoms with Gasteiger partial charge in [0.1, 0.15) is 0 Å². The van der Waals surface area contributed by atoms with Crippen molar-refractivity contribution in [2.75, 3.05) is 0 Å². The van der Waals surface area contributed by atoms with Gasteiger partial charge in [-0.3, -0.25) is 4.79 Å². The quantitative estimate of drug-likeness (QED) is 0.767. The number of carbonyl (C=O) groups is 1. The molecular weight excluding hydrogens is 332 g/mol. The molecule has 0 aromatic carbocycles. The van der Waals surface area contributed by atoms with Crippen LogP contribution in [0.1, 0.15) is 23.3 Å². The van der Waals surface area contributed by atoms with Crippen LogP contribution in [0.5, 0.6) is 5.88 Å². The zero-order valence-corrected chi connectivity index (χ0v) is 12.9. The summed E-state index contributed by atoms with van der Waals surface area (Å²) in [7, 11) is 0. The van der Waals surface area contributed by atoms with Crippen LogP contribution in [0.2, 0.25) is 0 Å². The Labute approximate surface area is 140 Å². The SMILES string of the molecule is O=C(NC1CC1)c1nn2cccnc2c1-c1ccnc(OC(F)F)c1. The van der Waals surface area contributed by atoms with Gasteiger partial charge in [0.15, 0.2) is 11.3 Å². The van der Waals surface area contributed by atoms with Crippen molar-refractivity contribution in [1.82, 2.24) is 24.9 Å². The summed E-state index contributed by atoms with van der Waals surface area (Å²) in [6.07, 6.45) is 6.45. The number of carbonyl (C=O) groups excluding carboxylic acids is 1. The molecule has 0 atom stereocenters. The van der Waals surface area contributed by atoms with Gasteiger partial charge >= 0.3 is 6.61 Å². The highest BCUT2D eigenvalue weighted by molar-refractivity contribution is 6.03. The van der Waals surface area contributed by atoms with Crippen LogP contribution in [0.25, 0.3) is 16.8 Å². The molecule has 0 spiro atoms. The van der Waals surface area contributed by atoms with Crippen LogP contribution in [0.4, 0.5) is 8.78 Å². The average molecular weight is 345 g/mol. The van der Waals surface area contributed by atoms with E-state index in [0.29, 0.717) is 16.8 Å². The topological polar surface area (TPSA) is 81.4 Å². The first-order chi connectivity index (χ1) is 12.1. The number of nitrogens with one attached hydrogen (secondary N) is 1. The van der Waals surface area contributed by atoms with Crippen molar-refractivity contribution in [1.29, 1.82) is 0 Å². The molecule has 9 heteroatoms. The molecule has 0 aliphatic heterocycles. The highest BCUT2D eigenvalue weighted by atomic mass is 19.3. The van der Waals surface area contributed by atoms with Crippen molar-refractivity contribution in [3.63, 3.8) is 0 Å². The van der Waals surface area contributed by atoms with E-state index >= 15 is 0 Å². The number of aromatic nitrogens is 4. The second-order valence-corrected chi connectivity index (χ2v) is 5.62. The third-order valence-corrected chi connectivity index (χ3v) is 3.76. The number of amides is 1. The molecule has 0 radical (unpaired) electrons. The molecule has 0 bridgehead atoms. The zero-order valence-electron chi connectivity index (χ0n) is 12.9. The highest BCUT2D eigenvalue weighted by Gasteiger charge is 2.28. The highest BCUT2D eigenvalue weighted by Crippen LogP contribution is 2.30. The van der Waals surface area contributed by atoms with E-state index in [1.165, 1.54) is 16.8 Å². The average Bonchev–Trinajstić information content (AvgIpc) is 3.31. The van der Waals surface area contributed by atoms with Gasteiger partial charge in [-0.1, -0.05) is 0 Å². The third-order valence-electron chi connectivity index (χ3n) is 3.76. The lowest BCUT2D eigenvalue weighted by Crippen LogP contribution is -2.26. The molecule has 3 aromatic heterocycles. The van der Waals surface area contributed by atoms with Gasteiger partial charge in [0.25, 0.3) is 5.91 Å². The molecule has 4 rings (SSSR count). The summed E-state index contributed by atoms with van der Waals surface area (Å²) in [6, 6.07) is 4.78. The van der Waals surface area contributed by atoms with Gasteiger partial charge in [-0.25, -0.2) is 14.5 Å². The van der Waals surface area contributed by atoms with Crippen molar-refractivity contribution in [2.45, 2.75) is 25.5 Å². The summed E-state index contributed by atoms with van der Waals surface area (Å²) in [4.78, 5) is 20.5. The molecule has 25 heavy (non-hydrogen) atoms. The molecule has 1 N–H and O–H groups in total. The number of hydrogen-bond donors (Lipinski definition) is 1. The summed E-state index contributed by atoms with van der Waals surface area (Å²) in [5.74, 6) is -0.563. The minimum Gasteiger partial charge on any atom is -0.417 e. The fourth-order valence-corrected chi connectivity index (χ4v) is 2.51. The second-order valence-electron chi connectivity index (χ2n) is 5.62. The van der Waals surface area contributed by atoms with Crippen LogP contribution < -0.4 is 10.1 Å². The summed E-state index contributed by atoms with van der Waals surface area (Å²) < 4.78 is 30.7. The molecule has 1 saturated carbocycles. The van der Waals surface area contributed by atoms with Gasteiger partial charge in [-0.2, -0.15) is 13.9 Å². The number of alkyl halides is 2. The molecule has 128 valence electrons. The maximum atomic E-state index is 12.5. The normalized spacial score (nSPS) is 14.0. The number of rotatable bonds is 5. The molecule has 1 amide bonds. The molecule has 3 heterocycles. The largest absolute Gasteiger partial charge is 0.417 e. The summed E-state index contributed by atoms with van der Waals surface area (Å²) in [5.41, 5.74) is 1.54. The molecule has 0 saturated heterocycles. The lowest BCUT2D eigenvalue weighted by molar-refractivity contribution is -0.0528. The monoisotopic (exact) mass is 345 g/mol. The fraction of sp³-hybridized carbons (Fsp3) is 0.250. The predicted molar refractivity (Wildman–Crippen MR) is 83.3 cm³/mol. The van der Waals surface area contributed by atoms with Gasteiger partial charge in [0, 0.05) is 30.7 Å². The number of fused-ring (bicyclic) bond motifs is 1. The van der Waals surface area contributed by atoms with Crippen LogP contribution in [-0.2, 0) is 0 Å². The number of halogens is 2. The van der Waals surface area contributed by atoms with E-state index in [2.05, 4.69) is 25.1 Å². The van der Waals surface area contributed by atoms with E-state index in [0.717, 1.165) is 12.8 Å². The molecular formula is C16H13F2N5O2. The van der Waals surface area contributed by atoms with E-state index in [-0.39, 0.29) is 23.5 Å². The number of pyridine rings is 1. The van der Waals surface area contributed by atoms with Crippen LogP contribution >= 0.6 is 0 Å². The molecule has 3 aromatic rings. The summed E-state index contributed by atoms with van der Waals surface area (Å²) in [5, 5.41) is 7.17. The number of hydrogen-bond acceptors (Lipinski definition) is 5. The smallest absolute Gasteiger partial charge is 0.388 e. The van der Waals surface area contributed by atoms with Gasteiger partial charge < -0.3 is 10.1 Å². The van der Waals surface area contributed by atoms with Crippen molar-refractivity contribution in [2.24, 2.45) is 0 Å². The standard InChI is InChI=1S/C16H13F2N5O2/c17-16(18)25-11-8-9(4-6-19-11)12-13(15(24)21-10-2-3-10)22-23-7-1-5-20-14(12)23/h1,4-8,10,16H,2-3H2,(H,21,24). The van der Waals surface area contributed by atoms with Gasteiger partial charge in [0.05, 0.1) is 5.56 Å². The summed E-state index contributed by atoms with van der Waals surface area (Å²) in [6.45, 7) is -2.98. The molecule has 7 nitrogen and oxygen atoms in total. The number of nitrogens with zero attached hydrogens (tertiary/aromatic N) is 4. The maximum absolute atomic E-state index is 12.5. The molecule has 0 unspecified atom stereocenters. The minimum atomic E-state index is -2.98. The van der Waals surface area contributed by atoms with Crippen LogP contribution in [-0.4, -0.2) is 38.1 Å². The van der Waals surface area contributed by atoms with Crippen molar-refractivity contribution >= 4 is 11.6 Å². The Bertz CT molecular complexity index is 939. The lowest BCUT2D eigenvalue weighted by atomic mass is 10.1. The predicted octanol–water partition coefficient (Wildman–Crippen LogP) is 2.28. The van der Waals surface area contributed by atoms with Crippen LogP contribution in [0.3, 0.4) is 0 Å². The molecule has 1 aliphatic rings. The van der Waals surface area contributed by atoms with Crippen LogP contribution in [0, 0.1) is 0 Å². The van der Waals surface area contributed by atoms with E-state index < -0.39 is 6.61 Å². The van der Waals surface area contributed by atoms with Crippen molar-refractivity contribution in [3.05, 3.63) is 42.5 Å².